The molecule has 0 aromatic heterocycles. The molecule has 1 aromatic rings. The van der Waals surface area contributed by atoms with Crippen LogP contribution < -0.4 is 0 Å². The minimum Gasteiger partial charge on any atom is -0.508 e. The van der Waals surface area contributed by atoms with Crippen molar-refractivity contribution in [1.29, 1.82) is 0 Å². The van der Waals surface area contributed by atoms with Gasteiger partial charge in [-0.1, -0.05) is 0 Å². The van der Waals surface area contributed by atoms with Gasteiger partial charge in [0.25, 0.3) is 5.91 Å². The summed E-state index contributed by atoms with van der Waals surface area (Å²) in [6.45, 7) is 3.03. The predicted octanol–water partition coefficient (Wildman–Crippen LogP) is 0.240. The number of nitrogens with zero attached hydrogens (tertiary/aromatic N) is 2. The van der Waals surface area contributed by atoms with E-state index in [-0.39, 0.29) is 29.7 Å². The second kappa shape index (κ2) is 6.93. The van der Waals surface area contributed by atoms with E-state index < -0.39 is 5.97 Å². The molecule has 0 radical (unpaired) electrons. The highest BCUT2D eigenvalue weighted by molar-refractivity contribution is 5.91. The molecule has 1 aliphatic rings. The van der Waals surface area contributed by atoms with E-state index in [1.54, 1.807) is 9.80 Å². The van der Waals surface area contributed by atoms with E-state index >= 15 is 0 Å². The molecule has 0 spiro atoms. The molecule has 0 unspecified atom stereocenters. The summed E-state index contributed by atoms with van der Waals surface area (Å²) in [5.74, 6) is -0.854. The second-order valence-corrected chi connectivity index (χ2v) is 5.01. The number of esters is 1. The van der Waals surface area contributed by atoms with Crippen LogP contribution in [0.15, 0.2) is 24.3 Å². The number of phenols is 1. The fourth-order valence-corrected chi connectivity index (χ4v) is 2.17. The molecule has 0 saturated carbocycles. The number of aromatic hydroxyl groups is 1. The summed E-state index contributed by atoms with van der Waals surface area (Å²) >= 11 is 0. The van der Waals surface area contributed by atoms with E-state index in [1.807, 2.05) is 0 Å². The van der Waals surface area contributed by atoms with Crippen LogP contribution in [0.3, 0.4) is 0 Å². The first-order chi connectivity index (χ1) is 10.5. The molecule has 1 N–H and O–H groups in total. The van der Waals surface area contributed by atoms with Gasteiger partial charge in [0, 0.05) is 33.1 Å². The first-order valence-electron chi connectivity index (χ1n) is 6.97. The van der Waals surface area contributed by atoms with Crippen LogP contribution in [0.1, 0.15) is 17.3 Å². The van der Waals surface area contributed by atoms with E-state index in [1.165, 1.54) is 31.2 Å². The lowest BCUT2D eigenvalue weighted by Gasteiger charge is -2.34. The van der Waals surface area contributed by atoms with Crippen LogP contribution in [0.4, 0.5) is 0 Å². The third-order valence-electron chi connectivity index (χ3n) is 3.51. The van der Waals surface area contributed by atoms with Crippen molar-refractivity contribution in [2.24, 2.45) is 0 Å². The number of ether oxygens (including phenoxy) is 1. The maximum Gasteiger partial charge on any atom is 0.338 e. The highest BCUT2D eigenvalue weighted by atomic mass is 16.5. The van der Waals surface area contributed by atoms with Crippen molar-refractivity contribution in [3.05, 3.63) is 29.8 Å². The Morgan fingerprint density at radius 2 is 1.59 bits per heavy atom. The minimum absolute atomic E-state index is 0.00847. The Kier molecular flexibility index (Phi) is 4.98. The molecule has 1 aromatic carbocycles. The Balaban J connectivity index is 1.79. The molecule has 7 nitrogen and oxygen atoms in total. The molecule has 2 amide bonds. The van der Waals surface area contributed by atoms with E-state index in [0.29, 0.717) is 26.2 Å². The number of hydrogen-bond donors (Lipinski definition) is 1. The topological polar surface area (TPSA) is 87.2 Å². The Morgan fingerprint density at radius 1 is 1.05 bits per heavy atom. The lowest BCUT2D eigenvalue weighted by atomic mass is 10.2. The van der Waals surface area contributed by atoms with E-state index in [2.05, 4.69) is 0 Å². The second-order valence-electron chi connectivity index (χ2n) is 5.01. The Morgan fingerprint density at radius 3 is 2.14 bits per heavy atom. The molecule has 0 atom stereocenters. The van der Waals surface area contributed by atoms with Crippen LogP contribution in [-0.4, -0.2) is 65.5 Å². The summed E-state index contributed by atoms with van der Waals surface area (Å²) in [7, 11) is 0. The van der Waals surface area contributed by atoms with Crippen molar-refractivity contribution in [3.63, 3.8) is 0 Å². The minimum atomic E-state index is -0.615. The fraction of sp³-hybridized carbons (Fsp3) is 0.400. The van der Waals surface area contributed by atoms with Crippen LogP contribution in [0, 0.1) is 0 Å². The molecule has 2 rings (SSSR count). The standard InChI is InChI=1S/C15H18N2O5/c1-11(18)16-6-8-17(9-7-16)14(20)10-22-15(21)12-2-4-13(19)5-3-12/h2-5,19H,6-10H2,1H3. The average molecular weight is 306 g/mol. The number of benzene rings is 1. The summed E-state index contributed by atoms with van der Waals surface area (Å²) in [5.41, 5.74) is 0.270. The van der Waals surface area contributed by atoms with Crippen LogP contribution >= 0.6 is 0 Å². The molecule has 7 heteroatoms. The van der Waals surface area contributed by atoms with Crippen molar-refractivity contribution >= 4 is 17.8 Å². The summed E-state index contributed by atoms with van der Waals surface area (Å²) in [6.07, 6.45) is 0. The molecule has 1 saturated heterocycles. The van der Waals surface area contributed by atoms with Gasteiger partial charge in [-0.25, -0.2) is 4.79 Å². The van der Waals surface area contributed by atoms with Gasteiger partial charge in [-0.15, -0.1) is 0 Å². The number of amides is 2. The molecular formula is C15H18N2O5. The van der Waals surface area contributed by atoms with E-state index in [4.69, 9.17) is 9.84 Å². The SMILES string of the molecule is CC(=O)N1CCN(C(=O)COC(=O)c2ccc(O)cc2)CC1. The van der Waals surface area contributed by atoms with Crippen LogP contribution in [-0.2, 0) is 14.3 Å². The van der Waals surface area contributed by atoms with E-state index in [9.17, 15) is 14.4 Å². The zero-order chi connectivity index (χ0) is 16.1. The van der Waals surface area contributed by atoms with Crippen molar-refractivity contribution in [2.45, 2.75) is 6.92 Å². The number of piperazine rings is 1. The average Bonchev–Trinajstić information content (AvgIpc) is 2.53. The van der Waals surface area contributed by atoms with Gasteiger partial charge in [-0.2, -0.15) is 0 Å². The zero-order valence-corrected chi connectivity index (χ0v) is 12.3. The zero-order valence-electron chi connectivity index (χ0n) is 12.3. The summed E-state index contributed by atoms with van der Waals surface area (Å²) in [5, 5.41) is 9.15. The molecule has 0 aliphatic carbocycles. The van der Waals surface area contributed by atoms with Crippen molar-refractivity contribution < 1.29 is 24.2 Å². The first-order valence-corrected chi connectivity index (χ1v) is 6.97. The van der Waals surface area contributed by atoms with Crippen molar-refractivity contribution in [3.8, 4) is 5.75 Å². The van der Waals surface area contributed by atoms with Gasteiger partial charge in [0.2, 0.25) is 5.91 Å². The van der Waals surface area contributed by atoms with Crippen LogP contribution in [0.25, 0.3) is 0 Å². The largest absolute Gasteiger partial charge is 0.508 e. The normalized spacial score (nSPS) is 14.6. The van der Waals surface area contributed by atoms with Crippen molar-refractivity contribution in [2.75, 3.05) is 32.8 Å². The van der Waals surface area contributed by atoms with Gasteiger partial charge in [0.05, 0.1) is 5.56 Å². The quantitative estimate of drug-likeness (QED) is 0.808. The van der Waals surface area contributed by atoms with Gasteiger partial charge < -0.3 is 19.6 Å². The van der Waals surface area contributed by atoms with Crippen LogP contribution in [0.2, 0.25) is 0 Å². The Labute approximate surface area is 128 Å². The van der Waals surface area contributed by atoms with Crippen molar-refractivity contribution in [1.82, 2.24) is 9.80 Å². The fourth-order valence-electron chi connectivity index (χ4n) is 2.17. The highest BCUT2D eigenvalue weighted by Gasteiger charge is 2.23. The van der Waals surface area contributed by atoms with Gasteiger partial charge in [0.15, 0.2) is 6.61 Å². The molecule has 1 aliphatic heterocycles. The first kappa shape index (κ1) is 15.8. The van der Waals surface area contributed by atoms with Gasteiger partial charge in [0.1, 0.15) is 5.75 Å². The molecular weight excluding hydrogens is 288 g/mol. The Bertz CT molecular complexity index is 562. The summed E-state index contributed by atoms with van der Waals surface area (Å²) < 4.78 is 4.96. The number of carbonyl (C=O) groups excluding carboxylic acids is 3. The number of hydrogen-bond acceptors (Lipinski definition) is 5. The lowest BCUT2D eigenvalue weighted by Crippen LogP contribution is -2.51. The lowest BCUT2D eigenvalue weighted by molar-refractivity contribution is -0.140. The smallest absolute Gasteiger partial charge is 0.338 e. The monoisotopic (exact) mass is 306 g/mol. The maximum absolute atomic E-state index is 12.0. The number of rotatable bonds is 3. The molecule has 0 bridgehead atoms. The van der Waals surface area contributed by atoms with Gasteiger partial charge >= 0.3 is 5.97 Å². The van der Waals surface area contributed by atoms with Gasteiger partial charge in [-0.05, 0) is 24.3 Å². The molecule has 118 valence electrons. The number of phenolic OH excluding ortho intramolecular Hbond substituents is 1. The maximum atomic E-state index is 12.0. The third-order valence-corrected chi connectivity index (χ3v) is 3.51. The molecule has 1 heterocycles. The predicted molar refractivity (Wildman–Crippen MR) is 77.2 cm³/mol. The summed E-state index contributed by atoms with van der Waals surface area (Å²) in [6, 6.07) is 5.60. The third kappa shape index (κ3) is 3.97. The Hall–Kier alpha value is -2.57. The van der Waals surface area contributed by atoms with Gasteiger partial charge in [-0.3, -0.25) is 9.59 Å². The molecule has 22 heavy (non-hydrogen) atoms. The number of carbonyl (C=O) groups is 3. The highest BCUT2D eigenvalue weighted by Crippen LogP contribution is 2.10. The van der Waals surface area contributed by atoms with E-state index in [0.717, 1.165) is 0 Å². The van der Waals surface area contributed by atoms with Crippen LogP contribution in [0.5, 0.6) is 5.75 Å². The molecule has 1 fully saturated rings. The summed E-state index contributed by atoms with van der Waals surface area (Å²) in [4.78, 5) is 38.2.